The molecule has 2 heterocycles. The minimum absolute atomic E-state index is 0.0768. The van der Waals surface area contributed by atoms with E-state index in [1.165, 1.54) is 5.56 Å². The highest BCUT2D eigenvalue weighted by atomic mass is 32.2. The molecule has 1 aliphatic heterocycles. The summed E-state index contributed by atoms with van der Waals surface area (Å²) in [6, 6.07) is 5.83. The molecule has 1 aliphatic rings. The van der Waals surface area contributed by atoms with Crippen LogP contribution in [0.15, 0.2) is 29.4 Å². The van der Waals surface area contributed by atoms with Crippen LogP contribution in [0.3, 0.4) is 0 Å². The molecule has 1 aromatic carbocycles. The van der Waals surface area contributed by atoms with Crippen LogP contribution in [0.1, 0.15) is 43.6 Å². The summed E-state index contributed by atoms with van der Waals surface area (Å²) >= 11 is 0. The Balaban J connectivity index is 1.71. The molecule has 1 aromatic heterocycles. The molecule has 0 spiro atoms. The number of benzene rings is 1. The molecule has 0 aliphatic carbocycles. The van der Waals surface area contributed by atoms with Gasteiger partial charge < -0.3 is 9.30 Å². The van der Waals surface area contributed by atoms with E-state index in [0.717, 1.165) is 30.2 Å². The smallest absolute Gasteiger partial charge is 0.259 e. The first-order valence-corrected chi connectivity index (χ1v) is 10.0. The molecule has 25 heavy (non-hydrogen) atoms. The number of aromatic nitrogens is 2. The van der Waals surface area contributed by atoms with E-state index < -0.39 is 10.0 Å². The highest BCUT2D eigenvalue weighted by Gasteiger charge is 2.23. The summed E-state index contributed by atoms with van der Waals surface area (Å²) in [5.41, 5.74) is 2.29. The summed E-state index contributed by atoms with van der Waals surface area (Å²) in [5.74, 6) is 1.86. The fourth-order valence-electron chi connectivity index (χ4n) is 3.21. The molecule has 0 bridgehead atoms. The number of nitrogens with zero attached hydrogens (tertiary/aromatic N) is 2. The SMILES string of the molecule is CC(C)c1nc(S(=O)(=O)N[C@H](C)Cc2ccc3c(c2)CCO3)cn1C. The Kier molecular flexibility index (Phi) is 4.88. The molecule has 0 unspecified atom stereocenters. The van der Waals surface area contributed by atoms with E-state index in [9.17, 15) is 8.42 Å². The topological polar surface area (TPSA) is 73.2 Å². The van der Waals surface area contributed by atoms with Crippen LogP contribution in [0.2, 0.25) is 0 Å². The molecule has 6 nitrogen and oxygen atoms in total. The van der Waals surface area contributed by atoms with E-state index in [2.05, 4.69) is 15.8 Å². The van der Waals surface area contributed by atoms with Crippen molar-refractivity contribution in [1.82, 2.24) is 14.3 Å². The Morgan fingerprint density at radius 1 is 1.32 bits per heavy atom. The van der Waals surface area contributed by atoms with Crippen molar-refractivity contribution in [2.45, 2.75) is 50.6 Å². The molecule has 2 aromatic rings. The monoisotopic (exact) mass is 363 g/mol. The van der Waals surface area contributed by atoms with Gasteiger partial charge in [-0.3, -0.25) is 0 Å². The van der Waals surface area contributed by atoms with Crippen molar-refractivity contribution in [2.75, 3.05) is 6.61 Å². The average molecular weight is 363 g/mol. The van der Waals surface area contributed by atoms with Gasteiger partial charge in [0.15, 0.2) is 5.03 Å². The fourth-order valence-corrected chi connectivity index (χ4v) is 4.45. The summed E-state index contributed by atoms with van der Waals surface area (Å²) in [6.45, 7) is 6.57. The quantitative estimate of drug-likeness (QED) is 0.855. The van der Waals surface area contributed by atoms with E-state index in [1.807, 2.05) is 40.0 Å². The van der Waals surface area contributed by atoms with Gasteiger partial charge in [0, 0.05) is 31.6 Å². The van der Waals surface area contributed by atoms with Gasteiger partial charge in [-0.25, -0.2) is 18.1 Å². The minimum Gasteiger partial charge on any atom is -0.493 e. The molecule has 136 valence electrons. The van der Waals surface area contributed by atoms with Crippen molar-refractivity contribution in [3.8, 4) is 5.75 Å². The van der Waals surface area contributed by atoms with Crippen molar-refractivity contribution in [3.63, 3.8) is 0 Å². The molecular formula is C18H25N3O3S. The number of hydrogen-bond acceptors (Lipinski definition) is 4. The van der Waals surface area contributed by atoms with Crippen LogP contribution in [-0.2, 0) is 29.9 Å². The molecule has 0 saturated heterocycles. The summed E-state index contributed by atoms with van der Waals surface area (Å²) in [5, 5.41) is 0.0768. The zero-order chi connectivity index (χ0) is 18.2. The first kappa shape index (κ1) is 17.9. The van der Waals surface area contributed by atoms with Crippen LogP contribution in [-0.4, -0.2) is 30.6 Å². The maximum Gasteiger partial charge on any atom is 0.259 e. The molecule has 1 N–H and O–H groups in total. The molecule has 0 radical (unpaired) electrons. The second-order valence-electron chi connectivity index (χ2n) is 6.97. The maximum absolute atomic E-state index is 12.6. The van der Waals surface area contributed by atoms with Crippen molar-refractivity contribution in [2.24, 2.45) is 7.05 Å². The van der Waals surface area contributed by atoms with Gasteiger partial charge in [0.1, 0.15) is 11.6 Å². The number of hydrogen-bond donors (Lipinski definition) is 1. The number of aryl methyl sites for hydroxylation is 1. The van der Waals surface area contributed by atoms with Gasteiger partial charge in [-0.05, 0) is 30.5 Å². The average Bonchev–Trinajstić information content (AvgIpc) is 3.12. The highest BCUT2D eigenvalue weighted by molar-refractivity contribution is 7.89. The highest BCUT2D eigenvalue weighted by Crippen LogP contribution is 2.26. The van der Waals surface area contributed by atoms with Gasteiger partial charge in [0.25, 0.3) is 10.0 Å². The van der Waals surface area contributed by atoms with E-state index >= 15 is 0 Å². The van der Waals surface area contributed by atoms with Crippen LogP contribution in [0.4, 0.5) is 0 Å². The van der Waals surface area contributed by atoms with Crippen LogP contribution in [0.5, 0.6) is 5.75 Å². The number of sulfonamides is 1. The minimum atomic E-state index is -3.63. The second-order valence-corrected chi connectivity index (χ2v) is 8.63. The molecular weight excluding hydrogens is 338 g/mol. The Hall–Kier alpha value is -1.86. The standard InChI is InChI=1S/C18H25N3O3S/c1-12(2)18-19-17(11-21(18)4)25(22,23)20-13(3)9-14-5-6-16-15(10-14)7-8-24-16/h5-6,10-13,20H,7-9H2,1-4H3/t13-/m1/s1. The first-order valence-electron chi connectivity index (χ1n) is 8.56. The molecule has 0 amide bonds. The molecule has 0 fully saturated rings. The summed E-state index contributed by atoms with van der Waals surface area (Å²) in [7, 11) is -1.82. The van der Waals surface area contributed by atoms with E-state index in [-0.39, 0.29) is 17.0 Å². The lowest BCUT2D eigenvalue weighted by atomic mass is 10.0. The molecule has 3 rings (SSSR count). The van der Waals surface area contributed by atoms with Crippen LogP contribution in [0, 0.1) is 0 Å². The lowest BCUT2D eigenvalue weighted by molar-refractivity contribution is 0.357. The Morgan fingerprint density at radius 2 is 2.08 bits per heavy atom. The van der Waals surface area contributed by atoms with Gasteiger partial charge in [-0.2, -0.15) is 0 Å². The van der Waals surface area contributed by atoms with Gasteiger partial charge in [0.05, 0.1) is 6.61 Å². The van der Waals surface area contributed by atoms with Crippen molar-refractivity contribution in [3.05, 3.63) is 41.3 Å². The maximum atomic E-state index is 12.6. The zero-order valence-corrected chi connectivity index (χ0v) is 15.9. The van der Waals surface area contributed by atoms with Gasteiger partial charge in [-0.1, -0.05) is 26.0 Å². The third-order valence-corrected chi connectivity index (χ3v) is 5.79. The van der Waals surface area contributed by atoms with Crippen LogP contribution < -0.4 is 9.46 Å². The third-order valence-electron chi connectivity index (χ3n) is 4.33. The summed E-state index contributed by atoms with van der Waals surface area (Å²) < 4.78 is 35.2. The van der Waals surface area contributed by atoms with Gasteiger partial charge >= 0.3 is 0 Å². The summed E-state index contributed by atoms with van der Waals surface area (Å²) in [6.07, 6.45) is 3.10. The zero-order valence-electron chi connectivity index (χ0n) is 15.1. The largest absolute Gasteiger partial charge is 0.493 e. The van der Waals surface area contributed by atoms with Crippen molar-refractivity contribution < 1.29 is 13.2 Å². The third kappa shape index (κ3) is 3.88. The van der Waals surface area contributed by atoms with E-state index in [1.54, 1.807) is 10.8 Å². The fraction of sp³-hybridized carbons (Fsp3) is 0.500. The predicted molar refractivity (Wildman–Crippen MR) is 96.4 cm³/mol. The van der Waals surface area contributed by atoms with E-state index in [4.69, 9.17) is 4.74 Å². The lowest BCUT2D eigenvalue weighted by Gasteiger charge is -2.13. The first-order chi connectivity index (χ1) is 11.8. The van der Waals surface area contributed by atoms with Crippen molar-refractivity contribution >= 4 is 10.0 Å². The van der Waals surface area contributed by atoms with Crippen LogP contribution >= 0.6 is 0 Å². The Bertz CT molecular complexity index is 872. The Morgan fingerprint density at radius 3 is 2.76 bits per heavy atom. The van der Waals surface area contributed by atoms with Crippen LogP contribution in [0.25, 0.3) is 0 Å². The summed E-state index contributed by atoms with van der Waals surface area (Å²) in [4.78, 5) is 4.28. The van der Waals surface area contributed by atoms with E-state index in [0.29, 0.717) is 6.42 Å². The normalized spacial score (nSPS) is 15.2. The lowest BCUT2D eigenvalue weighted by Crippen LogP contribution is -2.34. The second kappa shape index (κ2) is 6.80. The van der Waals surface area contributed by atoms with Crippen molar-refractivity contribution in [1.29, 1.82) is 0 Å². The molecule has 0 saturated carbocycles. The van der Waals surface area contributed by atoms with Gasteiger partial charge in [-0.15, -0.1) is 0 Å². The van der Waals surface area contributed by atoms with Gasteiger partial charge in [0.2, 0.25) is 0 Å². The number of fused-ring (bicyclic) bond motifs is 1. The number of ether oxygens (including phenoxy) is 1. The number of imidazole rings is 1. The predicted octanol–water partition coefficient (Wildman–Crippen LogP) is 2.39. The molecule has 1 atom stereocenters. The Labute approximate surface area is 149 Å². The number of rotatable bonds is 6. The number of nitrogens with one attached hydrogen (secondary N) is 1. The molecule has 7 heteroatoms.